The van der Waals surface area contributed by atoms with Crippen LogP contribution in [0, 0.1) is 17.5 Å². The predicted octanol–water partition coefficient (Wildman–Crippen LogP) is 2.69. The average molecular weight is 389 g/mol. The van der Waals surface area contributed by atoms with Crippen molar-refractivity contribution in [1.82, 2.24) is 10.2 Å². The molecule has 1 aliphatic rings. The highest BCUT2D eigenvalue weighted by Gasteiger charge is 2.29. The van der Waals surface area contributed by atoms with Gasteiger partial charge < -0.3 is 11.1 Å². The van der Waals surface area contributed by atoms with Gasteiger partial charge in [-0.15, -0.1) is 0 Å². The Kier molecular flexibility index (Phi) is 7.22. The molecule has 27 heavy (non-hydrogen) atoms. The zero-order chi connectivity index (χ0) is 20.2. The van der Waals surface area contributed by atoms with Crippen molar-refractivity contribution in [2.24, 2.45) is 5.73 Å². The number of rotatable bonds is 8. The van der Waals surface area contributed by atoms with E-state index in [2.05, 4.69) is 10.2 Å². The van der Waals surface area contributed by atoms with Gasteiger partial charge in [-0.1, -0.05) is 0 Å². The highest BCUT2D eigenvalue weighted by Crippen LogP contribution is 2.19. The van der Waals surface area contributed by atoms with Gasteiger partial charge in [-0.3, -0.25) is 9.69 Å². The number of halogens is 4. The Hall–Kier alpha value is -1.67. The lowest BCUT2D eigenvalue weighted by molar-refractivity contribution is -0.131. The molecule has 0 spiro atoms. The topological polar surface area (TPSA) is 58.4 Å². The molecular formula is C19H27F4N3O. The lowest BCUT2D eigenvalue weighted by Crippen LogP contribution is -2.46. The highest BCUT2D eigenvalue weighted by molar-refractivity contribution is 5.84. The molecule has 1 amide bonds. The fourth-order valence-electron chi connectivity index (χ4n) is 3.28. The summed E-state index contributed by atoms with van der Waals surface area (Å²) in [5, 5.41) is 2.63. The Labute approximate surface area is 157 Å². The Morgan fingerprint density at radius 2 is 1.96 bits per heavy atom. The first kappa shape index (κ1) is 21.6. The number of carbonyl (C=O) groups is 1. The van der Waals surface area contributed by atoms with E-state index in [1.807, 2.05) is 0 Å². The molecule has 0 saturated carbocycles. The van der Waals surface area contributed by atoms with Gasteiger partial charge in [0.2, 0.25) is 0 Å². The minimum Gasteiger partial charge on any atom is -0.352 e. The average Bonchev–Trinajstić information content (AvgIpc) is 3.02. The Morgan fingerprint density at radius 1 is 1.30 bits per heavy atom. The molecule has 2 rings (SSSR count). The van der Waals surface area contributed by atoms with E-state index < -0.39 is 35.1 Å². The lowest BCUT2D eigenvalue weighted by Gasteiger charge is -2.27. The van der Waals surface area contributed by atoms with Crippen LogP contribution in [0.25, 0.3) is 0 Å². The molecule has 4 nitrogen and oxygen atoms in total. The summed E-state index contributed by atoms with van der Waals surface area (Å²) in [6.07, 6.45) is 2.50. The summed E-state index contributed by atoms with van der Waals surface area (Å²) in [5.74, 6) is -3.76. The van der Waals surface area contributed by atoms with Crippen molar-refractivity contribution in [3.05, 3.63) is 35.1 Å². The van der Waals surface area contributed by atoms with E-state index in [1.54, 1.807) is 0 Å². The van der Waals surface area contributed by atoms with E-state index in [0.717, 1.165) is 25.5 Å². The molecule has 1 heterocycles. The molecule has 8 heteroatoms. The van der Waals surface area contributed by atoms with Crippen LogP contribution in [0.1, 0.15) is 38.7 Å². The third kappa shape index (κ3) is 6.17. The van der Waals surface area contributed by atoms with Crippen molar-refractivity contribution in [3.8, 4) is 0 Å². The molecule has 1 aromatic rings. The molecule has 1 aliphatic heterocycles. The monoisotopic (exact) mass is 389 g/mol. The van der Waals surface area contributed by atoms with Gasteiger partial charge in [-0.05, 0) is 64.3 Å². The van der Waals surface area contributed by atoms with Crippen LogP contribution >= 0.6 is 0 Å². The van der Waals surface area contributed by atoms with Crippen molar-refractivity contribution in [2.45, 2.75) is 57.3 Å². The highest BCUT2D eigenvalue weighted by atomic mass is 19.2. The third-order valence-corrected chi connectivity index (χ3v) is 4.90. The number of nitrogens with two attached hydrogens (primary N) is 1. The number of nitrogens with one attached hydrogen (secondary N) is 1. The van der Waals surface area contributed by atoms with Gasteiger partial charge in [0.25, 0.3) is 5.91 Å². The second kappa shape index (κ2) is 9.01. The summed E-state index contributed by atoms with van der Waals surface area (Å²) in [7, 11) is 0. The molecule has 1 unspecified atom stereocenters. The van der Waals surface area contributed by atoms with Gasteiger partial charge in [-0.25, -0.2) is 17.6 Å². The SMILES string of the molecule is CC(C)(F)C(=O)NCC1CCCN1CC[C@H](N)Cc1cc(F)c(F)cc1F. The first-order valence-electron chi connectivity index (χ1n) is 9.18. The number of carbonyl (C=O) groups excluding carboxylic acids is 1. The van der Waals surface area contributed by atoms with Crippen LogP contribution in [0.4, 0.5) is 17.6 Å². The zero-order valence-corrected chi connectivity index (χ0v) is 15.7. The molecule has 1 saturated heterocycles. The molecule has 0 bridgehead atoms. The number of amides is 1. The lowest BCUT2D eigenvalue weighted by atomic mass is 10.0. The number of nitrogens with zero attached hydrogens (tertiary/aromatic N) is 1. The minimum absolute atomic E-state index is 0.0526. The number of benzene rings is 1. The summed E-state index contributed by atoms with van der Waals surface area (Å²) in [6, 6.07) is 1.06. The molecule has 1 fully saturated rings. The Balaban J connectivity index is 1.82. The fraction of sp³-hybridized carbons (Fsp3) is 0.632. The van der Waals surface area contributed by atoms with Crippen LogP contribution in [0.5, 0.6) is 0 Å². The zero-order valence-electron chi connectivity index (χ0n) is 15.7. The maximum Gasteiger partial charge on any atom is 0.257 e. The minimum atomic E-state index is -1.92. The van der Waals surface area contributed by atoms with Crippen molar-refractivity contribution in [3.63, 3.8) is 0 Å². The van der Waals surface area contributed by atoms with Gasteiger partial charge >= 0.3 is 0 Å². The van der Waals surface area contributed by atoms with Gasteiger partial charge in [0.1, 0.15) is 5.82 Å². The van der Waals surface area contributed by atoms with E-state index in [4.69, 9.17) is 5.73 Å². The van der Waals surface area contributed by atoms with Gasteiger partial charge in [0.15, 0.2) is 17.3 Å². The molecule has 1 aromatic carbocycles. The molecule has 0 aliphatic carbocycles. The normalized spacial score (nSPS) is 19.3. The van der Waals surface area contributed by atoms with Crippen molar-refractivity contribution >= 4 is 5.91 Å². The van der Waals surface area contributed by atoms with Crippen molar-refractivity contribution in [2.75, 3.05) is 19.6 Å². The van der Waals surface area contributed by atoms with Crippen LogP contribution in [-0.4, -0.2) is 48.2 Å². The summed E-state index contributed by atoms with van der Waals surface area (Å²) in [4.78, 5) is 13.8. The molecule has 2 atom stereocenters. The van der Waals surface area contributed by atoms with Gasteiger partial charge in [0.05, 0.1) is 0 Å². The summed E-state index contributed by atoms with van der Waals surface area (Å²) >= 11 is 0. The molecule has 0 aromatic heterocycles. The number of hydrogen-bond donors (Lipinski definition) is 2. The second-order valence-electron chi connectivity index (χ2n) is 7.63. The predicted molar refractivity (Wildman–Crippen MR) is 95.4 cm³/mol. The van der Waals surface area contributed by atoms with Crippen LogP contribution in [0.15, 0.2) is 12.1 Å². The fourth-order valence-corrected chi connectivity index (χ4v) is 3.28. The number of likely N-dealkylation sites (tertiary alicyclic amines) is 1. The third-order valence-electron chi connectivity index (χ3n) is 4.90. The maximum atomic E-state index is 13.7. The molecule has 3 N–H and O–H groups in total. The molecule has 152 valence electrons. The molecule has 0 radical (unpaired) electrons. The maximum absolute atomic E-state index is 13.7. The summed E-state index contributed by atoms with van der Waals surface area (Å²) < 4.78 is 53.6. The van der Waals surface area contributed by atoms with Crippen molar-refractivity contribution < 1.29 is 22.4 Å². The number of alkyl halides is 1. The van der Waals surface area contributed by atoms with Crippen LogP contribution in [0.3, 0.4) is 0 Å². The quantitative estimate of drug-likeness (QED) is 0.531. The van der Waals surface area contributed by atoms with Crippen LogP contribution in [-0.2, 0) is 11.2 Å². The van der Waals surface area contributed by atoms with Gasteiger partial charge in [0, 0.05) is 24.7 Å². The van der Waals surface area contributed by atoms with Crippen LogP contribution in [0.2, 0.25) is 0 Å². The largest absolute Gasteiger partial charge is 0.352 e. The Bertz CT molecular complexity index is 663. The summed E-state index contributed by atoms with van der Waals surface area (Å²) in [6.45, 7) is 4.26. The van der Waals surface area contributed by atoms with Crippen molar-refractivity contribution in [1.29, 1.82) is 0 Å². The second-order valence-corrected chi connectivity index (χ2v) is 7.63. The standard InChI is InChI=1S/C19H27F4N3O/c1-19(2,23)18(27)25-11-14-4-3-6-26(14)7-5-13(24)8-12-9-16(21)17(22)10-15(12)20/h9-10,13-14H,3-8,11,24H2,1-2H3,(H,25,27)/t13-,14?/m0/s1. The Morgan fingerprint density at radius 3 is 2.63 bits per heavy atom. The van der Waals surface area contributed by atoms with E-state index in [-0.39, 0.29) is 18.0 Å². The van der Waals surface area contributed by atoms with Crippen LogP contribution < -0.4 is 11.1 Å². The smallest absolute Gasteiger partial charge is 0.257 e. The van der Waals surface area contributed by atoms with E-state index in [0.29, 0.717) is 25.6 Å². The van der Waals surface area contributed by atoms with Gasteiger partial charge in [-0.2, -0.15) is 0 Å². The van der Waals surface area contributed by atoms with E-state index in [9.17, 15) is 22.4 Å². The van der Waals surface area contributed by atoms with E-state index >= 15 is 0 Å². The van der Waals surface area contributed by atoms with E-state index in [1.165, 1.54) is 13.8 Å². The first-order chi connectivity index (χ1) is 12.6. The summed E-state index contributed by atoms with van der Waals surface area (Å²) in [5.41, 5.74) is 4.17. The first-order valence-corrected chi connectivity index (χ1v) is 9.18. The molecular weight excluding hydrogens is 362 g/mol. The number of hydrogen-bond acceptors (Lipinski definition) is 3.